The zero-order valence-corrected chi connectivity index (χ0v) is 17.8. The third-order valence-corrected chi connectivity index (χ3v) is 8.19. The van der Waals surface area contributed by atoms with Crippen LogP contribution in [0.25, 0.3) is 0 Å². The fourth-order valence-corrected chi connectivity index (χ4v) is 5.80. The van der Waals surface area contributed by atoms with Crippen LogP contribution in [0.5, 0.6) is 0 Å². The molecule has 0 bridgehead atoms. The molecule has 1 aromatic rings. The van der Waals surface area contributed by atoms with Gasteiger partial charge in [0.1, 0.15) is 0 Å². The number of piperazine rings is 1. The number of benzene rings is 1. The number of hydrogen-bond acceptors (Lipinski definition) is 4. The Labute approximate surface area is 169 Å². The Kier molecular flexibility index (Phi) is 7.12. The van der Waals surface area contributed by atoms with Crippen molar-refractivity contribution in [3.8, 4) is 0 Å². The van der Waals surface area contributed by atoms with Crippen LogP contribution in [0.4, 0.5) is 0 Å². The van der Waals surface area contributed by atoms with Gasteiger partial charge in [0, 0.05) is 32.2 Å². The van der Waals surface area contributed by atoms with Gasteiger partial charge in [0.2, 0.25) is 15.9 Å². The van der Waals surface area contributed by atoms with Gasteiger partial charge in [-0.2, -0.15) is 4.31 Å². The summed E-state index contributed by atoms with van der Waals surface area (Å²) < 4.78 is 26.8. The Morgan fingerprint density at radius 3 is 2.43 bits per heavy atom. The molecule has 28 heavy (non-hydrogen) atoms. The molecule has 1 aliphatic carbocycles. The van der Waals surface area contributed by atoms with Crippen LogP contribution in [0, 0.1) is 11.8 Å². The molecule has 7 heteroatoms. The summed E-state index contributed by atoms with van der Waals surface area (Å²) >= 11 is 0. The van der Waals surface area contributed by atoms with E-state index in [-0.39, 0.29) is 17.7 Å². The topological polar surface area (TPSA) is 69.7 Å². The number of hydrogen-bond donors (Lipinski definition) is 1. The van der Waals surface area contributed by atoms with E-state index < -0.39 is 10.0 Å². The molecule has 1 amide bonds. The number of amides is 1. The van der Waals surface area contributed by atoms with E-state index >= 15 is 0 Å². The number of carbonyl (C=O) groups is 1. The molecule has 3 rings (SSSR count). The SMILES string of the molecule is C[C@@H]1[C@H](C)CCC[C@@H]1NC(=O)CN1CCN(S(=O)(=O)Cc2ccccc2)CC1. The molecule has 3 atom stereocenters. The van der Waals surface area contributed by atoms with Crippen molar-refractivity contribution in [2.45, 2.75) is 44.9 Å². The molecule has 156 valence electrons. The predicted molar refractivity (Wildman–Crippen MR) is 111 cm³/mol. The molecule has 1 aromatic carbocycles. The molecule has 1 aliphatic heterocycles. The molecule has 2 fully saturated rings. The van der Waals surface area contributed by atoms with Crippen LogP contribution in [-0.2, 0) is 20.6 Å². The monoisotopic (exact) mass is 407 g/mol. The van der Waals surface area contributed by atoms with Crippen LogP contribution in [0.3, 0.4) is 0 Å². The van der Waals surface area contributed by atoms with Gasteiger partial charge < -0.3 is 5.32 Å². The Morgan fingerprint density at radius 1 is 1.07 bits per heavy atom. The van der Waals surface area contributed by atoms with Gasteiger partial charge in [-0.25, -0.2) is 8.42 Å². The average molecular weight is 408 g/mol. The van der Waals surface area contributed by atoms with E-state index in [1.165, 1.54) is 12.8 Å². The molecule has 2 aliphatic rings. The first-order valence-electron chi connectivity index (χ1n) is 10.4. The summed E-state index contributed by atoms with van der Waals surface area (Å²) in [4.78, 5) is 14.5. The highest BCUT2D eigenvalue weighted by Gasteiger charge is 2.30. The number of nitrogens with one attached hydrogen (secondary N) is 1. The van der Waals surface area contributed by atoms with Crippen LogP contribution in [0.15, 0.2) is 30.3 Å². The maximum Gasteiger partial charge on any atom is 0.234 e. The van der Waals surface area contributed by atoms with Crippen LogP contribution < -0.4 is 5.32 Å². The maximum atomic E-state index is 12.6. The molecule has 0 radical (unpaired) electrons. The highest BCUT2D eigenvalue weighted by atomic mass is 32.2. The fraction of sp³-hybridized carbons (Fsp3) is 0.667. The van der Waals surface area contributed by atoms with Gasteiger partial charge in [0.25, 0.3) is 0 Å². The number of carbonyl (C=O) groups excluding carboxylic acids is 1. The van der Waals surface area contributed by atoms with Crippen LogP contribution in [0.1, 0.15) is 38.7 Å². The van der Waals surface area contributed by atoms with E-state index in [0.29, 0.717) is 44.6 Å². The van der Waals surface area contributed by atoms with Crippen molar-refractivity contribution in [3.63, 3.8) is 0 Å². The Hall–Kier alpha value is -1.44. The summed E-state index contributed by atoms with van der Waals surface area (Å²) in [6.07, 6.45) is 3.48. The number of nitrogens with zero attached hydrogens (tertiary/aromatic N) is 2. The van der Waals surface area contributed by atoms with Crippen molar-refractivity contribution in [3.05, 3.63) is 35.9 Å². The third kappa shape index (κ3) is 5.55. The molecule has 0 spiro atoms. The fourth-order valence-electron chi connectivity index (χ4n) is 4.28. The lowest BCUT2D eigenvalue weighted by Crippen LogP contribution is -2.53. The molecular formula is C21H33N3O3S. The maximum absolute atomic E-state index is 12.6. The summed E-state index contributed by atoms with van der Waals surface area (Å²) in [6, 6.07) is 9.54. The van der Waals surface area contributed by atoms with E-state index in [1.54, 1.807) is 4.31 Å². The quantitative estimate of drug-likeness (QED) is 0.784. The second-order valence-electron chi connectivity index (χ2n) is 8.36. The summed E-state index contributed by atoms with van der Waals surface area (Å²) in [5.74, 6) is 1.26. The van der Waals surface area contributed by atoms with Crippen molar-refractivity contribution < 1.29 is 13.2 Å². The summed E-state index contributed by atoms with van der Waals surface area (Å²) in [6.45, 7) is 6.92. The van der Waals surface area contributed by atoms with Gasteiger partial charge in [-0.3, -0.25) is 9.69 Å². The highest BCUT2D eigenvalue weighted by molar-refractivity contribution is 7.88. The minimum atomic E-state index is -3.32. The molecule has 0 aromatic heterocycles. The van der Waals surface area contributed by atoms with Crippen LogP contribution in [0.2, 0.25) is 0 Å². The van der Waals surface area contributed by atoms with Crippen molar-refractivity contribution >= 4 is 15.9 Å². The van der Waals surface area contributed by atoms with Crippen LogP contribution in [-0.4, -0.2) is 62.3 Å². The summed E-state index contributed by atoms with van der Waals surface area (Å²) in [7, 11) is -3.32. The Morgan fingerprint density at radius 2 is 1.75 bits per heavy atom. The smallest absolute Gasteiger partial charge is 0.234 e. The minimum absolute atomic E-state index is 0.0338. The molecule has 1 heterocycles. The Bertz CT molecular complexity index is 745. The van der Waals surface area contributed by atoms with Gasteiger partial charge in [-0.1, -0.05) is 57.0 Å². The summed E-state index contributed by atoms with van der Waals surface area (Å²) in [5.41, 5.74) is 0.806. The molecule has 1 N–H and O–H groups in total. The molecule has 1 saturated carbocycles. The first kappa shape index (κ1) is 21.3. The van der Waals surface area contributed by atoms with Crippen molar-refractivity contribution in [2.75, 3.05) is 32.7 Å². The summed E-state index contributed by atoms with van der Waals surface area (Å²) in [5, 5.41) is 3.21. The van der Waals surface area contributed by atoms with Crippen molar-refractivity contribution in [2.24, 2.45) is 11.8 Å². The van der Waals surface area contributed by atoms with Gasteiger partial charge >= 0.3 is 0 Å². The molecule has 6 nitrogen and oxygen atoms in total. The lowest BCUT2D eigenvalue weighted by atomic mass is 9.78. The van der Waals surface area contributed by atoms with E-state index in [4.69, 9.17) is 0 Å². The molecular weight excluding hydrogens is 374 g/mol. The molecule has 0 unspecified atom stereocenters. The predicted octanol–water partition coefficient (Wildman–Crippen LogP) is 2.07. The zero-order chi connectivity index (χ0) is 20.1. The first-order valence-corrected chi connectivity index (χ1v) is 12.0. The third-order valence-electron chi connectivity index (χ3n) is 6.34. The minimum Gasteiger partial charge on any atom is -0.352 e. The van der Waals surface area contributed by atoms with E-state index in [2.05, 4.69) is 24.1 Å². The highest BCUT2D eigenvalue weighted by Crippen LogP contribution is 2.29. The van der Waals surface area contributed by atoms with Gasteiger partial charge in [0.15, 0.2) is 0 Å². The first-order chi connectivity index (χ1) is 13.3. The van der Waals surface area contributed by atoms with Gasteiger partial charge in [-0.15, -0.1) is 0 Å². The second kappa shape index (κ2) is 9.37. The number of sulfonamides is 1. The second-order valence-corrected chi connectivity index (χ2v) is 10.3. The largest absolute Gasteiger partial charge is 0.352 e. The lowest BCUT2D eigenvalue weighted by molar-refractivity contribution is -0.124. The van der Waals surface area contributed by atoms with Gasteiger partial charge in [0.05, 0.1) is 12.3 Å². The van der Waals surface area contributed by atoms with Crippen LogP contribution >= 0.6 is 0 Å². The lowest BCUT2D eigenvalue weighted by Gasteiger charge is -2.36. The van der Waals surface area contributed by atoms with E-state index in [0.717, 1.165) is 12.0 Å². The standard InChI is InChI=1S/C21H33N3O3S/c1-17-7-6-10-20(18(17)2)22-21(25)15-23-11-13-24(14-12-23)28(26,27)16-19-8-4-3-5-9-19/h3-5,8-9,17-18,20H,6-7,10-16H2,1-2H3,(H,22,25)/t17-,18-,20+/m1/s1. The zero-order valence-electron chi connectivity index (χ0n) is 17.0. The normalized spacial score (nSPS) is 27.4. The van der Waals surface area contributed by atoms with Crippen molar-refractivity contribution in [1.82, 2.24) is 14.5 Å². The van der Waals surface area contributed by atoms with E-state index in [9.17, 15) is 13.2 Å². The average Bonchev–Trinajstić information content (AvgIpc) is 2.66. The van der Waals surface area contributed by atoms with Gasteiger partial charge in [-0.05, 0) is 23.8 Å². The molecule has 1 saturated heterocycles. The number of rotatable bonds is 6. The Balaban J connectivity index is 1.45. The van der Waals surface area contributed by atoms with Crippen molar-refractivity contribution in [1.29, 1.82) is 0 Å². The van der Waals surface area contributed by atoms with E-state index in [1.807, 2.05) is 30.3 Å².